The maximum absolute atomic E-state index is 11.1. The van der Waals surface area contributed by atoms with Crippen molar-refractivity contribution in [3.63, 3.8) is 0 Å². The summed E-state index contributed by atoms with van der Waals surface area (Å²) in [6.07, 6.45) is 0.805. The van der Waals surface area contributed by atoms with Crippen LogP contribution in [0.25, 0.3) is 0 Å². The van der Waals surface area contributed by atoms with Crippen LogP contribution in [0.1, 0.15) is 36.7 Å². The summed E-state index contributed by atoms with van der Waals surface area (Å²) in [6.45, 7) is 7.33. The Bertz CT molecular complexity index is 407. The van der Waals surface area contributed by atoms with Crippen molar-refractivity contribution in [3.05, 3.63) is 29.3 Å². The lowest BCUT2D eigenvalue weighted by Crippen LogP contribution is -2.16. The second kappa shape index (κ2) is 7.26. The number of aldehydes is 1. The van der Waals surface area contributed by atoms with Crippen molar-refractivity contribution in [2.45, 2.75) is 26.2 Å². The Labute approximate surface area is 114 Å². The van der Waals surface area contributed by atoms with Crippen molar-refractivity contribution in [1.29, 1.82) is 0 Å². The van der Waals surface area contributed by atoms with Gasteiger partial charge in [0.05, 0.1) is 18.8 Å². The molecule has 0 aliphatic carbocycles. The van der Waals surface area contributed by atoms with Gasteiger partial charge in [0.15, 0.2) is 13.1 Å². The first-order valence-corrected chi connectivity index (χ1v) is 6.29. The zero-order valence-electron chi connectivity index (χ0n) is 12.1. The zero-order valence-corrected chi connectivity index (χ0v) is 12.1. The fraction of sp³-hybridized carbons (Fsp3) is 0.533. The number of hydrogen-bond donors (Lipinski definition) is 0. The first-order valence-electron chi connectivity index (χ1n) is 6.29. The number of hydrogen-bond acceptors (Lipinski definition) is 4. The van der Waals surface area contributed by atoms with Gasteiger partial charge in [-0.1, -0.05) is 32.9 Å². The average molecular weight is 266 g/mol. The van der Waals surface area contributed by atoms with E-state index in [2.05, 4.69) is 20.8 Å². The quantitative estimate of drug-likeness (QED) is 0.432. The van der Waals surface area contributed by atoms with E-state index in [-0.39, 0.29) is 12.2 Å². The molecule has 1 rings (SSSR count). The number of methoxy groups -OCH3 is 1. The van der Waals surface area contributed by atoms with E-state index in [9.17, 15) is 4.79 Å². The third kappa shape index (κ3) is 4.65. The molecule has 0 amide bonds. The molecule has 0 N–H and O–H groups in total. The largest absolute Gasteiger partial charge is 0.466 e. The fourth-order valence-corrected chi connectivity index (χ4v) is 1.70. The van der Waals surface area contributed by atoms with Crippen LogP contribution in [0.5, 0.6) is 5.75 Å². The summed E-state index contributed by atoms with van der Waals surface area (Å²) < 4.78 is 15.8. The van der Waals surface area contributed by atoms with Crippen molar-refractivity contribution in [3.8, 4) is 5.75 Å². The molecule has 0 aliphatic rings. The van der Waals surface area contributed by atoms with Gasteiger partial charge in [-0.15, -0.1) is 0 Å². The van der Waals surface area contributed by atoms with Crippen LogP contribution in [-0.2, 0) is 14.9 Å². The summed E-state index contributed by atoms with van der Waals surface area (Å²) in [5.41, 5.74) is 1.44. The maximum atomic E-state index is 11.1. The van der Waals surface area contributed by atoms with Gasteiger partial charge in [-0.2, -0.15) is 0 Å². The molecular weight excluding hydrogens is 244 g/mol. The van der Waals surface area contributed by atoms with Crippen LogP contribution in [-0.4, -0.2) is 33.4 Å². The Kier molecular flexibility index (Phi) is 5.99. The summed E-state index contributed by atoms with van der Waals surface area (Å²) in [4.78, 5) is 11.1. The van der Waals surface area contributed by atoms with Gasteiger partial charge < -0.3 is 14.2 Å². The van der Waals surface area contributed by atoms with E-state index in [0.717, 1.165) is 11.8 Å². The number of carbonyl (C=O) groups excluding carboxylic acids is 1. The lowest BCUT2D eigenvalue weighted by atomic mass is 9.85. The van der Waals surface area contributed by atoms with Crippen LogP contribution in [0.2, 0.25) is 0 Å². The minimum atomic E-state index is -0.0963. The molecule has 106 valence electrons. The monoisotopic (exact) mass is 266 g/mol. The van der Waals surface area contributed by atoms with Crippen LogP contribution >= 0.6 is 0 Å². The zero-order chi connectivity index (χ0) is 14.3. The Morgan fingerprint density at radius 2 is 1.95 bits per heavy atom. The molecule has 0 aliphatic heterocycles. The average Bonchev–Trinajstić information content (AvgIpc) is 2.37. The molecule has 0 heterocycles. The fourth-order valence-electron chi connectivity index (χ4n) is 1.70. The van der Waals surface area contributed by atoms with Gasteiger partial charge >= 0.3 is 0 Å². The molecule has 0 saturated heterocycles. The Hall–Kier alpha value is -1.39. The first-order chi connectivity index (χ1) is 9.00. The van der Waals surface area contributed by atoms with Crippen LogP contribution < -0.4 is 4.74 Å². The number of para-hydroxylation sites is 1. The molecule has 1 aromatic carbocycles. The standard InChI is InChI=1S/C15H22O4/c1-15(2,3)13-7-5-6-12(10-16)14(13)19-11-18-9-8-17-4/h5-7,10H,8-9,11H2,1-4H3. The Morgan fingerprint density at radius 3 is 2.53 bits per heavy atom. The molecule has 0 fully saturated rings. The highest BCUT2D eigenvalue weighted by Gasteiger charge is 2.21. The molecule has 0 spiro atoms. The number of carbonyl (C=O) groups is 1. The lowest BCUT2D eigenvalue weighted by molar-refractivity contribution is -0.00938. The lowest BCUT2D eigenvalue weighted by Gasteiger charge is -2.23. The summed E-state index contributed by atoms with van der Waals surface area (Å²) in [6, 6.07) is 5.58. The van der Waals surface area contributed by atoms with Crippen molar-refractivity contribution < 1.29 is 19.0 Å². The van der Waals surface area contributed by atoms with E-state index in [1.807, 2.05) is 12.1 Å². The van der Waals surface area contributed by atoms with E-state index in [0.29, 0.717) is 24.5 Å². The van der Waals surface area contributed by atoms with Gasteiger partial charge in [-0.05, 0) is 11.5 Å². The van der Waals surface area contributed by atoms with Gasteiger partial charge in [0.25, 0.3) is 0 Å². The van der Waals surface area contributed by atoms with Gasteiger partial charge in [-0.3, -0.25) is 4.79 Å². The molecule has 1 aromatic rings. The Balaban J connectivity index is 2.81. The van der Waals surface area contributed by atoms with E-state index < -0.39 is 0 Å². The normalized spacial score (nSPS) is 11.4. The van der Waals surface area contributed by atoms with Crippen molar-refractivity contribution in [2.75, 3.05) is 27.1 Å². The summed E-state index contributed by atoms with van der Waals surface area (Å²) in [7, 11) is 1.61. The minimum Gasteiger partial charge on any atom is -0.466 e. The molecule has 0 radical (unpaired) electrons. The van der Waals surface area contributed by atoms with Crippen LogP contribution in [0.3, 0.4) is 0 Å². The number of rotatable bonds is 7. The van der Waals surface area contributed by atoms with E-state index in [4.69, 9.17) is 14.2 Å². The molecular formula is C15H22O4. The van der Waals surface area contributed by atoms with E-state index in [1.165, 1.54) is 0 Å². The number of benzene rings is 1. The van der Waals surface area contributed by atoms with Gasteiger partial charge in [0, 0.05) is 12.7 Å². The molecule has 0 atom stereocenters. The van der Waals surface area contributed by atoms with Crippen LogP contribution in [0, 0.1) is 0 Å². The first kappa shape index (κ1) is 15.7. The summed E-state index contributed by atoms with van der Waals surface area (Å²) in [5.74, 6) is 0.599. The summed E-state index contributed by atoms with van der Waals surface area (Å²) in [5, 5.41) is 0. The molecule has 4 heteroatoms. The third-order valence-electron chi connectivity index (χ3n) is 2.70. The number of ether oxygens (including phenoxy) is 3. The van der Waals surface area contributed by atoms with Crippen molar-refractivity contribution in [2.24, 2.45) is 0 Å². The second-order valence-electron chi connectivity index (χ2n) is 5.26. The summed E-state index contributed by atoms with van der Waals surface area (Å²) >= 11 is 0. The van der Waals surface area contributed by atoms with Crippen molar-refractivity contribution in [1.82, 2.24) is 0 Å². The second-order valence-corrected chi connectivity index (χ2v) is 5.26. The highest BCUT2D eigenvalue weighted by Crippen LogP contribution is 2.33. The van der Waals surface area contributed by atoms with E-state index >= 15 is 0 Å². The highest BCUT2D eigenvalue weighted by atomic mass is 16.7. The third-order valence-corrected chi connectivity index (χ3v) is 2.70. The predicted molar refractivity (Wildman–Crippen MR) is 73.9 cm³/mol. The van der Waals surface area contributed by atoms with Crippen LogP contribution in [0.4, 0.5) is 0 Å². The maximum Gasteiger partial charge on any atom is 0.189 e. The molecule has 0 saturated carbocycles. The van der Waals surface area contributed by atoms with Gasteiger partial charge in [0.1, 0.15) is 5.75 Å². The molecule has 19 heavy (non-hydrogen) atoms. The smallest absolute Gasteiger partial charge is 0.189 e. The van der Waals surface area contributed by atoms with E-state index in [1.54, 1.807) is 13.2 Å². The minimum absolute atomic E-state index is 0.0963. The van der Waals surface area contributed by atoms with Gasteiger partial charge in [-0.25, -0.2) is 0 Å². The predicted octanol–water partition coefficient (Wildman–Crippen LogP) is 2.80. The highest BCUT2D eigenvalue weighted by molar-refractivity contribution is 5.80. The Morgan fingerprint density at radius 1 is 1.21 bits per heavy atom. The molecule has 4 nitrogen and oxygen atoms in total. The van der Waals surface area contributed by atoms with Gasteiger partial charge in [0.2, 0.25) is 0 Å². The topological polar surface area (TPSA) is 44.8 Å². The SMILES string of the molecule is COCCOCOc1c(C=O)cccc1C(C)(C)C. The molecule has 0 unspecified atom stereocenters. The molecule has 0 aromatic heterocycles. The van der Waals surface area contributed by atoms with Crippen LogP contribution in [0.15, 0.2) is 18.2 Å². The van der Waals surface area contributed by atoms with Crippen molar-refractivity contribution >= 4 is 6.29 Å². The molecule has 0 bridgehead atoms.